The van der Waals surface area contributed by atoms with Crippen LogP contribution in [0.3, 0.4) is 0 Å². The Morgan fingerprint density at radius 2 is 2.25 bits per heavy atom. The number of nitrogens with zero attached hydrogens (tertiary/aromatic N) is 3. The molecule has 0 saturated heterocycles. The van der Waals surface area contributed by atoms with Crippen molar-refractivity contribution in [3.05, 3.63) is 22.3 Å². The number of thiazole rings is 1. The standard InChI is InChI=1S/C12H13N3O3S2/c1-6-4-13-12(19-3)15-8(6)10-14-9(11(17)18-2)7(5-16)20-10/h4,16H,5H2,1-3H3. The SMILES string of the molecule is COC(=O)c1nc(-c2nc(SC)ncc2C)sc1CO. The summed E-state index contributed by atoms with van der Waals surface area (Å²) in [6.07, 6.45) is 3.60. The molecule has 0 atom stereocenters. The number of carbonyl (C=O) groups is 1. The first-order valence-corrected chi connectivity index (χ1v) is 7.71. The molecule has 0 aliphatic carbocycles. The average molecular weight is 311 g/mol. The summed E-state index contributed by atoms with van der Waals surface area (Å²) < 4.78 is 4.66. The quantitative estimate of drug-likeness (QED) is 0.524. The van der Waals surface area contributed by atoms with Crippen molar-refractivity contribution in [3.63, 3.8) is 0 Å². The number of thioether (sulfide) groups is 1. The van der Waals surface area contributed by atoms with Gasteiger partial charge in [-0.3, -0.25) is 0 Å². The van der Waals surface area contributed by atoms with Gasteiger partial charge in [0.15, 0.2) is 10.9 Å². The molecule has 0 amide bonds. The Balaban J connectivity index is 2.53. The zero-order valence-corrected chi connectivity index (χ0v) is 12.8. The van der Waals surface area contributed by atoms with E-state index >= 15 is 0 Å². The Bertz CT molecular complexity index is 643. The zero-order valence-electron chi connectivity index (χ0n) is 11.2. The van der Waals surface area contributed by atoms with Crippen LogP contribution >= 0.6 is 23.1 Å². The lowest BCUT2D eigenvalue weighted by Gasteiger charge is -2.02. The fraction of sp³-hybridized carbons (Fsp3) is 0.333. The van der Waals surface area contributed by atoms with Crippen molar-refractivity contribution in [2.45, 2.75) is 18.7 Å². The van der Waals surface area contributed by atoms with Crippen LogP contribution < -0.4 is 0 Å². The van der Waals surface area contributed by atoms with E-state index in [0.29, 0.717) is 20.7 Å². The summed E-state index contributed by atoms with van der Waals surface area (Å²) in [5, 5.41) is 10.5. The van der Waals surface area contributed by atoms with E-state index in [9.17, 15) is 9.90 Å². The number of methoxy groups -OCH3 is 1. The molecular formula is C12H13N3O3S2. The molecule has 2 aromatic rings. The van der Waals surface area contributed by atoms with Gasteiger partial charge in [0.25, 0.3) is 0 Å². The van der Waals surface area contributed by atoms with Gasteiger partial charge in [0.2, 0.25) is 0 Å². The third kappa shape index (κ3) is 2.82. The van der Waals surface area contributed by atoms with Crippen molar-refractivity contribution in [2.75, 3.05) is 13.4 Å². The van der Waals surface area contributed by atoms with E-state index in [-0.39, 0.29) is 12.3 Å². The third-order valence-electron chi connectivity index (χ3n) is 2.55. The molecule has 106 valence electrons. The fourth-order valence-corrected chi connectivity index (χ4v) is 2.86. The first kappa shape index (κ1) is 14.9. The predicted molar refractivity (Wildman–Crippen MR) is 76.9 cm³/mol. The first-order chi connectivity index (χ1) is 9.60. The van der Waals surface area contributed by atoms with Crippen LogP contribution in [-0.4, -0.2) is 39.4 Å². The molecule has 6 nitrogen and oxygen atoms in total. The highest BCUT2D eigenvalue weighted by Gasteiger charge is 2.20. The van der Waals surface area contributed by atoms with Gasteiger partial charge in [0, 0.05) is 6.20 Å². The summed E-state index contributed by atoms with van der Waals surface area (Å²) in [4.78, 5) is 24.9. The third-order valence-corrected chi connectivity index (χ3v) is 4.16. The van der Waals surface area contributed by atoms with Crippen molar-refractivity contribution in [2.24, 2.45) is 0 Å². The molecule has 0 spiro atoms. The highest BCUT2D eigenvalue weighted by atomic mass is 32.2. The monoisotopic (exact) mass is 311 g/mol. The van der Waals surface area contributed by atoms with Crippen LogP contribution in [0.25, 0.3) is 10.7 Å². The van der Waals surface area contributed by atoms with Crippen LogP contribution in [0.4, 0.5) is 0 Å². The molecule has 0 saturated carbocycles. The van der Waals surface area contributed by atoms with E-state index in [1.165, 1.54) is 30.2 Å². The summed E-state index contributed by atoms with van der Waals surface area (Å²) in [5.74, 6) is -0.562. The van der Waals surface area contributed by atoms with Crippen molar-refractivity contribution >= 4 is 29.1 Å². The number of hydrogen-bond donors (Lipinski definition) is 1. The number of aryl methyl sites for hydroxylation is 1. The van der Waals surface area contributed by atoms with Gasteiger partial charge in [-0.1, -0.05) is 11.8 Å². The molecule has 2 heterocycles. The van der Waals surface area contributed by atoms with Crippen molar-refractivity contribution < 1.29 is 14.6 Å². The lowest BCUT2D eigenvalue weighted by Crippen LogP contribution is -2.05. The van der Waals surface area contributed by atoms with Crippen molar-refractivity contribution in [1.82, 2.24) is 15.0 Å². The number of hydrogen-bond acceptors (Lipinski definition) is 8. The number of aliphatic hydroxyl groups is 1. The van der Waals surface area contributed by atoms with E-state index in [1.54, 1.807) is 6.20 Å². The van der Waals surface area contributed by atoms with Gasteiger partial charge in [0.1, 0.15) is 10.7 Å². The maximum Gasteiger partial charge on any atom is 0.357 e. The van der Waals surface area contributed by atoms with Gasteiger partial charge in [-0.05, 0) is 18.7 Å². The van der Waals surface area contributed by atoms with E-state index in [0.717, 1.165) is 5.56 Å². The molecule has 0 radical (unpaired) electrons. The highest BCUT2D eigenvalue weighted by molar-refractivity contribution is 7.98. The Morgan fingerprint density at radius 1 is 1.50 bits per heavy atom. The minimum Gasteiger partial charge on any atom is -0.464 e. The largest absolute Gasteiger partial charge is 0.464 e. The molecule has 0 aromatic carbocycles. The highest BCUT2D eigenvalue weighted by Crippen LogP contribution is 2.30. The first-order valence-electron chi connectivity index (χ1n) is 5.67. The normalized spacial score (nSPS) is 10.6. The van der Waals surface area contributed by atoms with Gasteiger partial charge in [0.05, 0.1) is 18.6 Å². The van der Waals surface area contributed by atoms with Crippen LogP contribution in [0.5, 0.6) is 0 Å². The fourth-order valence-electron chi connectivity index (χ4n) is 1.56. The Morgan fingerprint density at radius 3 is 2.85 bits per heavy atom. The molecule has 0 unspecified atom stereocenters. The van der Waals surface area contributed by atoms with Gasteiger partial charge in [-0.25, -0.2) is 19.7 Å². The summed E-state index contributed by atoms with van der Waals surface area (Å²) in [6, 6.07) is 0. The van der Waals surface area contributed by atoms with Gasteiger partial charge >= 0.3 is 5.97 Å². The number of carbonyl (C=O) groups excluding carboxylic acids is 1. The maximum absolute atomic E-state index is 11.6. The minimum absolute atomic E-state index is 0.138. The number of rotatable bonds is 4. The summed E-state index contributed by atoms with van der Waals surface area (Å²) >= 11 is 2.66. The molecule has 0 aliphatic rings. The smallest absolute Gasteiger partial charge is 0.357 e. The molecule has 0 bridgehead atoms. The van der Waals surface area contributed by atoms with E-state index in [2.05, 4.69) is 19.7 Å². The van der Waals surface area contributed by atoms with E-state index in [4.69, 9.17) is 0 Å². The lowest BCUT2D eigenvalue weighted by molar-refractivity contribution is 0.0591. The van der Waals surface area contributed by atoms with Gasteiger partial charge in [-0.15, -0.1) is 11.3 Å². The second kappa shape index (κ2) is 6.29. The average Bonchev–Trinajstić information content (AvgIpc) is 2.91. The predicted octanol–water partition coefficient (Wildman–Crippen LogP) is 1.91. The molecule has 1 N–H and O–H groups in total. The topological polar surface area (TPSA) is 85.2 Å². The van der Waals surface area contributed by atoms with Crippen LogP contribution in [0.15, 0.2) is 11.4 Å². The summed E-state index contributed by atoms with van der Waals surface area (Å²) in [5.41, 5.74) is 1.66. The maximum atomic E-state index is 11.6. The zero-order chi connectivity index (χ0) is 14.7. The minimum atomic E-state index is -0.562. The second-order valence-electron chi connectivity index (χ2n) is 3.83. The Labute approximate surface area is 124 Å². The molecule has 2 rings (SSSR count). The van der Waals surface area contributed by atoms with Crippen LogP contribution in [0.1, 0.15) is 20.9 Å². The molecule has 2 aromatic heterocycles. The van der Waals surface area contributed by atoms with E-state index < -0.39 is 5.97 Å². The molecule has 0 aliphatic heterocycles. The number of aliphatic hydroxyl groups excluding tert-OH is 1. The summed E-state index contributed by atoms with van der Waals surface area (Å²) in [6.45, 7) is 1.61. The number of aromatic nitrogens is 3. The second-order valence-corrected chi connectivity index (χ2v) is 5.69. The molecule has 8 heteroatoms. The molecular weight excluding hydrogens is 298 g/mol. The van der Waals surface area contributed by atoms with Crippen molar-refractivity contribution in [3.8, 4) is 10.7 Å². The lowest BCUT2D eigenvalue weighted by atomic mass is 10.2. The van der Waals surface area contributed by atoms with E-state index in [1.807, 2.05) is 13.2 Å². The molecule has 20 heavy (non-hydrogen) atoms. The van der Waals surface area contributed by atoms with Crippen LogP contribution in [0.2, 0.25) is 0 Å². The Hall–Kier alpha value is -1.51. The summed E-state index contributed by atoms with van der Waals surface area (Å²) in [7, 11) is 1.28. The molecule has 0 fully saturated rings. The number of esters is 1. The Kier molecular flexibility index (Phi) is 4.69. The number of ether oxygens (including phenoxy) is 1. The van der Waals surface area contributed by atoms with Crippen molar-refractivity contribution in [1.29, 1.82) is 0 Å². The van der Waals surface area contributed by atoms with Gasteiger partial charge < -0.3 is 9.84 Å². The van der Waals surface area contributed by atoms with Crippen LogP contribution in [0, 0.1) is 6.92 Å². The van der Waals surface area contributed by atoms with Gasteiger partial charge in [-0.2, -0.15) is 0 Å². The van der Waals surface area contributed by atoms with Crippen LogP contribution in [-0.2, 0) is 11.3 Å².